The zero-order valence-corrected chi connectivity index (χ0v) is 9.37. The molecule has 3 heteroatoms. The first-order valence-corrected chi connectivity index (χ1v) is 5.59. The van der Waals surface area contributed by atoms with Gasteiger partial charge in [-0.2, -0.15) is 0 Å². The van der Waals surface area contributed by atoms with Crippen LogP contribution in [0.15, 0.2) is 9.85 Å². The third-order valence-electron chi connectivity index (χ3n) is 1.69. The van der Waals surface area contributed by atoms with E-state index in [1.54, 1.807) is 11.3 Å². The van der Waals surface area contributed by atoms with Gasteiger partial charge in [-0.15, -0.1) is 11.3 Å². The fraction of sp³-hybridized carbons (Fsp3) is 0.444. The van der Waals surface area contributed by atoms with Crippen molar-refractivity contribution in [2.24, 2.45) is 0 Å². The lowest BCUT2D eigenvalue weighted by molar-refractivity contribution is -0.107. The van der Waals surface area contributed by atoms with E-state index in [1.165, 1.54) is 14.9 Å². The zero-order valence-electron chi connectivity index (χ0n) is 6.97. The number of carbonyl (C=O) groups is 1. The van der Waals surface area contributed by atoms with Gasteiger partial charge in [0.05, 0.1) is 0 Å². The molecule has 12 heavy (non-hydrogen) atoms. The van der Waals surface area contributed by atoms with Gasteiger partial charge < -0.3 is 4.79 Å². The maximum atomic E-state index is 10.1. The molecule has 1 nitrogen and oxygen atoms in total. The van der Waals surface area contributed by atoms with Gasteiger partial charge in [-0.1, -0.05) is 0 Å². The third kappa shape index (κ3) is 2.42. The lowest BCUT2D eigenvalue weighted by Gasteiger charge is -1.95. The Bertz CT molecular complexity index is 267. The van der Waals surface area contributed by atoms with Gasteiger partial charge in [0.25, 0.3) is 0 Å². The number of hydrogen-bond donors (Lipinski definition) is 0. The average molecular weight is 247 g/mol. The fourth-order valence-corrected chi connectivity index (χ4v) is 2.71. The number of aldehydes is 1. The van der Waals surface area contributed by atoms with Gasteiger partial charge in [0, 0.05) is 15.8 Å². The normalized spacial score (nSPS) is 10.2. The quantitative estimate of drug-likeness (QED) is 0.589. The predicted molar refractivity (Wildman–Crippen MR) is 55.8 cm³/mol. The highest BCUT2D eigenvalue weighted by Gasteiger charge is 2.04. The van der Waals surface area contributed by atoms with E-state index in [-0.39, 0.29) is 0 Å². The van der Waals surface area contributed by atoms with Crippen molar-refractivity contribution in [3.05, 3.63) is 20.3 Å². The molecule has 1 heterocycles. The van der Waals surface area contributed by atoms with E-state index in [1.807, 2.05) is 0 Å². The second-order valence-corrected chi connectivity index (χ2v) is 4.47. The number of rotatable bonds is 4. The number of halogens is 1. The Morgan fingerprint density at radius 1 is 1.67 bits per heavy atom. The molecule has 0 amide bonds. The summed E-state index contributed by atoms with van der Waals surface area (Å²) in [5, 5.41) is 2.14. The number of carbonyl (C=O) groups excluding carboxylic acids is 1. The number of thiophene rings is 1. The van der Waals surface area contributed by atoms with Crippen molar-refractivity contribution in [3.8, 4) is 0 Å². The highest BCUT2D eigenvalue weighted by Crippen LogP contribution is 2.28. The monoisotopic (exact) mass is 246 g/mol. The highest BCUT2D eigenvalue weighted by atomic mass is 79.9. The maximum Gasteiger partial charge on any atom is 0.120 e. The van der Waals surface area contributed by atoms with E-state index >= 15 is 0 Å². The molecule has 0 aromatic carbocycles. The SMILES string of the molecule is Cc1csc(CCCC=O)c1Br. The molecule has 0 unspecified atom stereocenters. The molecule has 0 spiro atoms. The van der Waals surface area contributed by atoms with E-state index in [0.717, 1.165) is 19.1 Å². The summed E-state index contributed by atoms with van der Waals surface area (Å²) in [4.78, 5) is 11.4. The molecule has 1 aromatic rings. The molecule has 0 atom stereocenters. The van der Waals surface area contributed by atoms with Gasteiger partial charge in [0.2, 0.25) is 0 Å². The molecule has 0 N–H and O–H groups in total. The van der Waals surface area contributed by atoms with E-state index in [2.05, 4.69) is 28.2 Å². The zero-order chi connectivity index (χ0) is 8.97. The van der Waals surface area contributed by atoms with Gasteiger partial charge in [-0.05, 0) is 46.6 Å². The topological polar surface area (TPSA) is 17.1 Å². The Labute approximate surface area is 84.9 Å². The van der Waals surface area contributed by atoms with Gasteiger partial charge in [-0.3, -0.25) is 0 Å². The number of aryl methyl sites for hydroxylation is 2. The minimum atomic E-state index is 0.670. The molecule has 0 bridgehead atoms. The van der Waals surface area contributed by atoms with Crippen molar-refractivity contribution in [3.63, 3.8) is 0 Å². The lowest BCUT2D eigenvalue weighted by atomic mass is 10.2. The second kappa shape index (κ2) is 4.77. The molecule has 1 aromatic heterocycles. The number of unbranched alkanes of at least 4 members (excludes halogenated alkanes) is 1. The molecule has 0 aliphatic carbocycles. The third-order valence-corrected chi connectivity index (χ3v) is 4.23. The molecule has 0 aliphatic heterocycles. The summed E-state index contributed by atoms with van der Waals surface area (Å²) in [5.74, 6) is 0. The molecule has 0 radical (unpaired) electrons. The summed E-state index contributed by atoms with van der Waals surface area (Å²) in [6.07, 6.45) is 3.62. The van der Waals surface area contributed by atoms with Crippen LogP contribution in [0.3, 0.4) is 0 Å². The van der Waals surface area contributed by atoms with Gasteiger partial charge >= 0.3 is 0 Å². The van der Waals surface area contributed by atoms with E-state index < -0.39 is 0 Å². The molecule has 66 valence electrons. The minimum absolute atomic E-state index is 0.670. The molecule has 1 rings (SSSR count). The highest BCUT2D eigenvalue weighted by molar-refractivity contribution is 9.10. The van der Waals surface area contributed by atoms with E-state index in [9.17, 15) is 4.79 Å². The van der Waals surface area contributed by atoms with Crippen molar-refractivity contribution in [2.45, 2.75) is 26.2 Å². The molecule has 0 saturated heterocycles. The van der Waals surface area contributed by atoms with Crippen LogP contribution in [0.4, 0.5) is 0 Å². The Kier molecular flexibility index (Phi) is 3.95. The Balaban J connectivity index is 2.51. The van der Waals surface area contributed by atoms with Crippen LogP contribution in [0.5, 0.6) is 0 Å². The Morgan fingerprint density at radius 2 is 2.42 bits per heavy atom. The summed E-state index contributed by atoms with van der Waals surface area (Å²) in [6.45, 7) is 2.09. The van der Waals surface area contributed by atoms with Gasteiger partial charge in [0.15, 0.2) is 0 Å². The molecular weight excluding hydrogens is 236 g/mol. The van der Waals surface area contributed by atoms with Crippen molar-refractivity contribution < 1.29 is 4.79 Å². The minimum Gasteiger partial charge on any atom is -0.303 e. The summed E-state index contributed by atoms with van der Waals surface area (Å²) in [5.41, 5.74) is 1.29. The van der Waals surface area contributed by atoms with Gasteiger partial charge in [-0.25, -0.2) is 0 Å². The van der Waals surface area contributed by atoms with Crippen LogP contribution < -0.4 is 0 Å². The largest absolute Gasteiger partial charge is 0.303 e. The summed E-state index contributed by atoms with van der Waals surface area (Å²) < 4.78 is 1.22. The average Bonchev–Trinajstić information content (AvgIpc) is 2.36. The van der Waals surface area contributed by atoms with Crippen LogP contribution in [0.1, 0.15) is 23.3 Å². The first-order valence-electron chi connectivity index (χ1n) is 3.91. The van der Waals surface area contributed by atoms with Crippen molar-refractivity contribution in [2.75, 3.05) is 0 Å². The van der Waals surface area contributed by atoms with E-state index in [0.29, 0.717) is 6.42 Å². The maximum absolute atomic E-state index is 10.1. The number of hydrogen-bond acceptors (Lipinski definition) is 2. The fourth-order valence-electron chi connectivity index (χ4n) is 0.998. The summed E-state index contributed by atoms with van der Waals surface area (Å²) >= 11 is 5.29. The Hall–Kier alpha value is -0.150. The predicted octanol–water partition coefficient (Wildman–Crippen LogP) is 3.34. The van der Waals surface area contributed by atoms with Crippen LogP contribution >= 0.6 is 27.3 Å². The van der Waals surface area contributed by atoms with Crippen LogP contribution in [-0.2, 0) is 11.2 Å². The molecule has 0 fully saturated rings. The second-order valence-electron chi connectivity index (χ2n) is 2.71. The van der Waals surface area contributed by atoms with Crippen LogP contribution in [0.25, 0.3) is 0 Å². The standard InChI is InChI=1S/C9H11BrOS/c1-7-6-12-8(9(7)10)4-2-3-5-11/h5-6H,2-4H2,1H3. The Morgan fingerprint density at radius 3 is 2.92 bits per heavy atom. The molecule has 0 aliphatic rings. The van der Waals surface area contributed by atoms with Crippen LogP contribution in [-0.4, -0.2) is 6.29 Å². The summed E-state index contributed by atoms with van der Waals surface area (Å²) in [7, 11) is 0. The van der Waals surface area contributed by atoms with E-state index in [4.69, 9.17) is 0 Å². The van der Waals surface area contributed by atoms with Gasteiger partial charge in [0.1, 0.15) is 6.29 Å². The summed E-state index contributed by atoms with van der Waals surface area (Å²) in [6, 6.07) is 0. The first kappa shape index (κ1) is 9.93. The first-order chi connectivity index (χ1) is 5.75. The lowest BCUT2D eigenvalue weighted by Crippen LogP contribution is -1.83. The smallest absolute Gasteiger partial charge is 0.120 e. The van der Waals surface area contributed by atoms with Crippen LogP contribution in [0, 0.1) is 6.92 Å². The van der Waals surface area contributed by atoms with Crippen LogP contribution in [0.2, 0.25) is 0 Å². The molecular formula is C9H11BrOS. The molecule has 0 saturated carbocycles. The van der Waals surface area contributed by atoms with Crippen molar-refractivity contribution >= 4 is 33.6 Å². The van der Waals surface area contributed by atoms with Crippen molar-refractivity contribution in [1.29, 1.82) is 0 Å². The van der Waals surface area contributed by atoms with Crippen molar-refractivity contribution in [1.82, 2.24) is 0 Å².